The van der Waals surface area contributed by atoms with E-state index in [1.165, 1.54) is 5.56 Å². The lowest BCUT2D eigenvalue weighted by Crippen LogP contribution is -2.30. The molecular weight excluding hydrogens is 370 g/mol. The summed E-state index contributed by atoms with van der Waals surface area (Å²) < 4.78 is 5.70. The van der Waals surface area contributed by atoms with E-state index in [9.17, 15) is 4.79 Å². The first-order chi connectivity index (χ1) is 13.6. The Balaban J connectivity index is 1.84. The summed E-state index contributed by atoms with van der Waals surface area (Å²) >= 11 is 6.21. The van der Waals surface area contributed by atoms with Crippen LogP contribution in [0.15, 0.2) is 60.7 Å². The van der Waals surface area contributed by atoms with Gasteiger partial charge in [0.15, 0.2) is 0 Å². The molecule has 1 amide bonds. The SMILES string of the molecule is COc1cc2c(cc1-c1ccccc1)CN(C(C)=O)c1ccc(Cl)cc1CC2. The second kappa shape index (κ2) is 7.69. The standard InChI is InChI=1S/C24H22ClNO2/c1-16(27)26-15-20-13-22(17-6-4-3-5-7-17)24(28-2)14-18(20)8-9-19-12-21(25)10-11-23(19)26/h3-7,10-14H,8-9,15H2,1-2H3. The minimum atomic E-state index is 0.0218. The number of hydrogen-bond acceptors (Lipinski definition) is 2. The molecule has 3 nitrogen and oxygen atoms in total. The molecular formula is C24H22ClNO2. The van der Waals surface area contributed by atoms with Gasteiger partial charge in [0.2, 0.25) is 5.91 Å². The summed E-state index contributed by atoms with van der Waals surface area (Å²) in [6.07, 6.45) is 1.69. The number of aryl methyl sites for hydroxylation is 2. The fourth-order valence-electron chi connectivity index (χ4n) is 3.88. The van der Waals surface area contributed by atoms with Crippen molar-refractivity contribution >= 4 is 23.2 Å². The van der Waals surface area contributed by atoms with Crippen molar-refractivity contribution in [2.75, 3.05) is 12.0 Å². The number of nitrogens with zero attached hydrogens (tertiary/aromatic N) is 1. The molecule has 0 radical (unpaired) electrons. The molecule has 0 atom stereocenters. The van der Waals surface area contributed by atoms with Crippen LogP contribution in [-0.4, -0.2) is 13.0 Å². The van der Waals surface area contributed by atoms with Crippen molar-refractivity contribution < 1.29 is 9.53 Å². The van der Waals surface area contributed by atoms with Crippen molar-refractivity contribution in [3.63, 3.8) is 0 Å². The van der Waals surface area contributed by atoms with Gasteiger partial charge in [-0.1, -0.05) is 41.9 Å². The van der Waals surface area contributed by atoms with Crippen LogP contribution in [-0.2, 0) is 24.2 Å². The normalized spacial score (nSPS) is 13.2. The molecule has 4 rings (SSSR count). The summed E-state index contributed by atoms with van der Waals surface area (Å²) in [5.41, 5.74) is 6.54. The first kappa shape index (κ1) is 18.6. The summed E-state index contributed by atoms with van der Waals surface area (Å²) in [5, 5.41) is 0.694. The number of rotatable bonds is 2. The number of amides is 1. The van der Waals surface area contributed by atoms with Gasteiger partial charge in [-0.3, -0.25) is 4.79 Å². The van der Waals surface area contributed by atoms with Crippen molar-refractivity contribution in [1.82, 2.24) is 0 Å². The van der Waals surface area contributed by atoms with Crippen LogP contribution in [0.4, 0.5) is 5.69 Å². The minimum Gasteiger partial charge on any atom is -0.496 e. The first-order valence-corrected chi connectivity index (χ1v) is 9.76. The van der Waals surface area contributed by atoms with E-state index < -0.39 is 0 Å². The number of hydrogen-bond donors (Lipinski definition) is 0. The van der Waals surface area contributed by atoms with Crippen LogP contribution in [0, 0.1) is 0 Å². The monoisotopic (exact) mass is 391 g/mol. The average molecular weight is 392 g/mol. The van der Waals surface area contributed by atoms with E-state index in [2.05, 4.69) is 24.3 Å². The number of anilines is 1. The van der Waals surface area contributed by atoms with E-state index in [-0.39, 0.29) is 5.91 Å². The van der Waals surface area contributed by atoms with Gasteiger partial charge in [-0.25, -0.2) is 0 Å². The Morgan fingerprint density at radius 1 is 0.964 bits per heavy atom. The summed E-state index contributed by atoms with van der Waals surface area (Å²) in [6, 6.07) is 20.2. The Kier molecular flexibility index (Phi) is 5.10. The van der Waals surface area contributed by atoms with E-state index in [1.807, 2.05) is 41.3 Å². The number of carbonyl (C=O) groups excluding carboxylic acids is 1. The van der Waals surface area contributed by atoms with E-state index >= 15 is 0 Å². The maximum Gasteiger partial charge on any atom is 0.224 e. The highest BCUT2D eigenvalue weighted by Gasteiger charge is 2.22. The molecule has 0 aliphatic carbocycles. The minimum absolute atomic E-state index is 0.0218. The molecule has 0 bridgehead atoms. The van der Waals surface area contributed by atoms with E-state index in [0.717, 1.165) is 46.5 Å². The summed E-state index contributed by atoms with van der Waals surface area (Å²) in [4.78, 5) is 14.3. The smallest absolute Gasteiger partial charge is 0.224 e. The maximum absolute atomic E-state index is 12.5. The van der Waals surface area contributed by atoms with E-state index in [1.54, 1.807) is 14.0 Å². The molecule has 28 heavy (non-hydrogen) atoms. The Labute approximate surface area is 170 Å². The van der Waals surface area contributed by atoms with Crippen molar-refractivity contribution in [1.29, 1.82) is 0 Å². The zero-order valence-corrected chi connectivity index (χ0v) is 16.8. The fourth-order valence-corrected chi connectivity index (χ4v) is 4.08. The molecule has 4 heteroatoms. The number of benzene rings is 3. The largest absolute Gasteiger partial charge is 0.496 e. The summed E-state index contributed by atoms with van der Waals surface area (Å²) in [6.45, 7) is 2.14. The van der Waals surface area contributed by atoms with E-state index in [0.29, 0.717) is 11.6 Å². The highest BCUT2D eigenvalue weighted by atomic mass is 35.5. The zero-order valence-electron chi connectivity index (χ0n) is 16.0. The van der Waals surface area contributed by atoms with Gasteiger partial charge in [0, 0.05) is 23.2 Å². The molecule has 1 aliphatic rings. The third kappa shape index (κ3) is 3.50. The first-order valence-electron chi connectivity index (χ1n) is 9.38. The van der Waals surface area contributed by atoms with Crippen LogP contribution in [0.1, 0.15) is 23.6 Å². The number of methoxy groups -OCH3 is 1. The lowest BCUT2D eigenvalue weighted by atomic mass is 9.91. The lowest BCUT2D eigenvalue weighted by Gasteiger charge is -2.29. The molecule has 0 unspecified atom stereocenters. The van der Waals surface area contributed by atoms with Crippen LogP contribution in [0.2, 0.25) is 5.02 Å². The van der Waals surface area contributed by atoms with Gasteiger partial charge < -0.3 is 9.64 Å². The molecule has 0 N–H and O–H groups in total. The molecule has 1 aliphatic heterocycles. The Bertz CT molecular complexity index is 1030. The predicted octanol–water partition coefficient (Wildman–Crippen LogP) is 5.67. The summed E-state index contributed by atoms with van der Waals surface area (Å²) in [7, 11) is 1.70. The predicted molar refractivity (Wildman–Crippen MR) is 114 cm³/mol. The fraction of sp³-hybridized carbons (Fsp3) is 0.208. The number of fused-ring (bicyclic) bond motifs is 2. The van der Waals surface area contributed by atoms with Crippen molar-refractivity contribution in [3.05, 3.63) is 82.4 Å². The molecule has 1 heterocycles. The van der Waals surface area contributed by atoms with Gasteiger partial charge in [-0.2, -0.15) is 0 Å². The van der Waals surface area contributed by atoms with Crippen molar-refractivity contribution in [3.8, 4) is 16.9 Å². The average Bonchev–Trinajstić information content (AvgIpc) is 2.70. The molecule has 0 saturated carbocycles. The molecule has 3 aromatic carbocycles. The van der Waals surface area contributed by atoms with Crippen LogP contribution < -0.4 is 9.64 Å². The zero-order chi connectivity index (χ0) is 19.7. The van der Waals surface area contributed by atoms with Gasteiger partial charge in [0.05, 0.1) is 13.7 Å². The van der Waals surface area contributed by atoms with Gasteiger partial charge in [-0.05, 0) is 65.4 Å². The molecule has 0 aromatic heterocycles. The molecule has 0 fully saturated rings. The highest BCUT2D eigenvalue weighted by Crippen LogP contribution is 2.37. The molecule has 0 spiro atoms. The second-order valence-electron chi connectivity index (χ2n) is 7.07. The van der Waals surface area contributed by atoms with Crippen molar-refractivity contribution in [2.45, 2.75) is 26.3 Å². The third-order valence-corrected chi connectivity index (χ3v) is 5.55. The van der Waals surface area contributed by atoms with Crippen LogP contribution in [0.5, 0.6) is 5.75 Å². The Morgan fingerprint density at radius 3 is 2.43 bits per heavy atom. The van der Waals surface area contributed by atoms with Gasteiger partial charge >= 0.3 is 0 Å². The van der Waals surface area contributed by atoms with Crippen molar-refractivity contribution in [2.24, 2.45) is 0 Å². The summed E-state index contributed by atoms with van der Waals surface area (Å²) in [5.74, 6) is 0.875. The van der Waals surface area contributed by atoms with E-state index in [4.69, 9.17) is 16.3 Å². The molecule has 0 saturated heterocycles. The van der Waals surface area contributed by atoms with Gasteiger partial charge in [0.1, 0.15) is 5.75 Å². The molecule has 142 valence electrons. The maximum atomic E-state index is 12.5. The third-order valence-electron chi connectivity index (χ3n) is 5.31. The number of carbonyl (C=O) groups is 1. The Hall–Kier alpha value is -2.78. The highest BCUT2D eigenvalue weighted by molar-refractivity contribution is 6.30. The van der Waals surface area contributed by atoms with Crippen LogP contribution >= 0.6 is 11.6 Å². The lowest BCUT2D eigenvalue weighted by molar-refractivity contribution is -0.116. The van der Waals surface area contributed by atoms with Crippen LogP contribution in [0.25, 0.3) is 11.1 Å². The molecule has 3 aromatic rings. The van der Waals surface area contributed by atoms with Gasteiger partial charge in [-0.15, -0.1) is 0 Å². The topological polar surface area (TPSA) is 29.5 Å². The number of halogens is 1. The quantitative estimate of drug-likeness (QED) is 0.563. The Morgan fingerprint density at radius 2 is 1.71 bits per heavy atom. The van der Waals surface area contributed by atoms with Gasteiger partial charge in [0.25, 0.3) is 0 Å². The second-order valence-corrected chi connectivity index (χ2v) is 7.50. The van der Waals surface area contributed by atoms with Crippen LogP contribution in [0.3, 0.4) is 0 Å². The number of ether oxygens (including phenoxy) is 1.